The Hall–Kier alpha value is -1.99. The third-order valence-corrected chi connectivity index (χ3v) is 4.67. The zero-order valence-corrected chi connectivity index (χ0v) is 22.0. The van der Waals surface area contributed by atoms with Crippen LogP contribution in [0.15, 0.2) is 0 Å². The van der Waals surface area contributed by atoms with Crippen molar-refractivity contribution in [1.82, 2.24) is 10.6 Å². The van der Waals surface area contributed by atoms with Crippen LogP contribution in [-0.4, -0.2) is 48.6 Å². The van der Waals surface area contributed by atoms with Crippen LogP contribution >= 0.6 is 0 Å². The van der Waals surface area contributed by atoms with Gasteiger partial charge in [0, 0.05) is 12.6 Å². The van der Waals surface area contributed by atoms with Gasteiger partial charge in [-0.3, -0.25) is 4.79 Å². The summed E-state index contributed by atoms with van der Waals surface area (Å²) < 4.78 is 16.0. The molecule has 0 radical (unpaired) electrons. The summed E-state index contributed by atoms with van der Waals surface area (Å²) in [6.07, 6.45) is 0.0663. The zero-order valence-electron chi connectivity index (χ0n) is 22.0. The summed E-state index contributed by atoms with van der Waals surface area (Å²) in [6.45, 7) is 21.2. The summed E-state index contributed by atoms with van der Waals surface area (Å²) in [7, 11) is 0. The van der Waals surface area contributed by atoms with Crippen LogP contribution < -0.4 is 10.6 Å². The molecule has 0 aliphatic carbocycles. The van der Waals surface area contributed by atoms with Crippen molar-refractivity contribution in [1.29, 1.82) is 0 Å². The molecular formula is C24H46N2O6. The third-order valence-electron chi connectivity index (χ3n) is 4.67. The van der Waals surface area contributed by atoms with E-state index in [0.29, 0.717) is 19.4 Å². The molecule has 8 nitrogen and oxygen atoms in total. The van der Waals surface area contributed by atoms with Gasteiger partial charge in [0.15, 0.2) is 0 Å². The lowest BCUT2D eigenvalue weighted by Gasteiger charge is -2.35. The standard InChI is InChI=1S/C24H46N2O6/c1-12-30-19(27)17(18(16(2)3)26-21(29)32-23(7,8)9)15-24(10,11)13-14-25-20(28)31-22(4,5)6/h16-18H,12-15H2,1-11H3,(H,25,28)(H,26,29)/t17?,18-/m1/s1. The first-order valence-corrected chi connectivity index (χ1v) is 11.5. The number of esters is 1. The predicted molar refractivity (Wildman–Crippen MR) is 125 cm³/mol. The number of hydrogen-bond acceptors (Lipinski definition) is 6. The summed E-state index contributed by atoms with van der Waals surface area (Å²) in [5.41, 5.74) is -1.51. The summed E-state index contributed by atoms with van der Waals surface area (Å²) in [5.74, 6) is -0.929. The number of rotatable bonds is 10. The average Bonchev–Trinajstić information content (AvgIpc) is 2.54. The molecule has 0 aliphatic rings. The zero-order chi connectivity index (χ0) is 25.3. The molecule has 2 atom stereocenters. The Morgan fingerprint density at radius 3 is 1.78 bits per heavy atom. The SMILES string of the molecule is CCOC(=O)C(CC(C)(C)CCNC(=O)OC(C)(C)C)[C@H](NC(=O)OC(C)(C)C)C(C)C. The van der Waals surface area contributed by atoms with Crippen LogP contribution in [-0.2, 0) is 19.0 Å². The fourth-order valence-electron chi connectivity index (χ4n) is 3.30. The maximum Gasteiger partial charge on any atom is 0.407 e. The topological polar surface area (TPSA) is 103 Å². The Morgan fingerprint density at radius 1 is 0.844 bits per heavy atom. The highest BCUT2D eigenvalue weighted by Crippen LogP contribution is 2.33. The van der Waals surface area contributed by atoms with Crippen molar-refractivity contribution in [2.24, 2.45) is 17.3 Å². The summed E-state index contributed by atoms with van der Waals surface area (Å²) in [4.78, 5) is 37.2. The van der Waals surface area contributed by atoms with E-state index in [4.69, 9.17) is 14.2 Å². The Balaban J connectivity index is 5.34. The molecule has 0 bridgehead atoms. The van der Waals surface area contributed by atoms with E-state index in [2.05, 4.69) is 10.6 Å². The van der Waals surface area contributed by atoms with Gasteiger partial charge in [0.05, 0.1) is 12.5 Å². The van der Waals surface area contributed by atoms with Crippen LogP contribution in [0.1, 0.15) is 89.0 Å². The Bertz CT molecular complexity index is 617. The average molecular weight is 459 g/mol. The second-order valence-electron chi connectivity index (χ2n) is 11.3. The maximum atomic E-state index is 12.9. The third kappa shape index (κ3) is 13.4. The monoisotopic (exact) mass is 458 g/mol. The van der Waals surface area contributed by atoms with Gasteiger partial charge >= 0.3 is 18.2 Å². The molecule has 0 saturated heterocycles. The maximum absolute atomic E-state index is 12.9. The molecule has 2 N–H and O–H groups in total. The van der Waals surface area contributed by atoms with E-state index in [1.807, 2.05) is 48.5 Å². The second kappa shape index (κ2) is 12.3. The Labute approximate surface area is 194 Å². The number of carbonyl (C=O) groups is 3. The van der Waals surface area contributed by atoms with Crippen molar-refractivity contribution in [3.05, 3.63) is 0 Å². The van der Waals surface area contributed by atoms with Crippen LogP contribution in [0, 0.1) is 17.3 Å². The Morgan fingerprint density at radius 2 is 1.34 bits per heavy atom. The molecule has 0 aromatic rings. The number of ether oxygens (including phenoxy) is 3. The lowest BCUT2D eigenvalue weighted by molar-refractivity contribution is -0.151. The van der Waals surface area contributed by atoms with Crippen LogP contribution in [0.2, 0.25) is 0 Å². The van der Waals surface area contributed by atoms with E-state index in [1.165, 1.54) is 0 Å². The molecule has 2 amide bonds. The first-order valence-electron chi connectivity index (χ1n) is 11.5. The van der Waals surface area contributed by atoms with Gasteiger partial charge in [0.25, 0.3) is 0 Å². The van der Waals surface area contributed by atoms with Gasteiger partial charge < -0.3 is 24.8 Å². The van der Waals surface area contributed by atoms with E-state index >= 15 is 0 Å². The molecule has 32 heavy (non-hydrogen) atoms. The van der Waals surface area contributed by atoms with Gasteiger partial charge in [0.2, 0.25) is 0 Å². The molecular weight excluding hydrogens is 412 g/mol. The molecule has 0 spiro atoms. The van der Waals surface area contributed by atoms with Crippen molar-refractivity contribution in [3.63, 3.8) is 0 Å². The minimum absolute atomic E-state index is 0.0207. The quantitative estimate of drug-likeness (QED) is 0.351. The van der Waals surface area contributed by atoms with Crippen molar-refractivity contribution in [2.75, 3.05) is 13.2 Å². The largest absolute Gasteiger partial charge is 0.466 e. The van der Waals surface area contributed by atoms with Crippen molar-refractivity contribution in [3.8, 4) is 0 Å². The summed E-state index contributed by atoms with van der Waals surface area (Å²) >= 11 is 0. The predicted octanol–water partition coefficient (Wildman–Crippen LogP) is 5.05. The summed E-state index contributed by atoms with van der Waals surface area (Å²) in [5, 5.41) is 5.65. The van der Waals surface area contributed by atoms with Gasteiger partial charge in [0.1, 0.15) is 11.2 Å². The molecule has 1 unspecified atom stereocenters. The van der Waals surface area contributed by atoms with Gasteiger partial charge in [-0.1, -0.05) is 27.7 Å². The highest BCUT2D eigenvalue weighted by Gasteiger charge is 2.38. The minimum Gasteiger partial charge on any atom is -0.466 e. The van der Waals surface area contributed by atoms with Crippen LogP contribution in [0.4, 0.5) is 9.59 Å². The van der Waals surface area contributed by atoms with Gasteiger partial charge in [-0.25, -0.2) is 9.59 Å². The normalized spacial score (nSPS) is 14.4. The molecule has 188 valence electrons. The second-order valence-corrected chi connectivity index (χ2v) is 11.3. The van der Waals surface area contributed by atoms with Crippen LogP contribution in [0.5, 0.6) is 0 Å². The minimum atomic E-state index is -0.641. The first kappa shape index (κ1) is 30.0. The first-order chi connectivity index (χ1) is 14.4. The van der Waals surface area contributed by atoms with Gasteiger partial charge in [-0.2, -0.15) is 0 Å². The van der Waals surface area contributed by atoms with Crippen molar-refractivity contribution < 1.29 is 28.6 Å². The molecule has 0 aliphatic heterocycles. The highest BCUT2D eigenvalue weighted by molar-refractivity contribution is 5.75. The lowest BCUT2D eigenvalue weighted by atomic mass is 9.75. The van der Waals surface area contributed by atoms with Gasteiger partial charge in [-0.05, 0) is 72.6 Å². The molecule has 0 heterocycles. The van der Waals surface area contributed by atoms with Crippen molar-refractivity contribution in [2.45, 2.75) is 106 Å². The molecule has 0 aromatic carbocycles. The van der Waals surface area contributed by atoms with E-state index in [9.17, 15) is 14.4 Å². The lowest BCUT2D eigenvalue weighted by Crippen LogP contribution is -2.49. The summed E-state index contributed by atoms with van der Waals surface area (Å²) in [6, 6.07) is -0.456. The Kier molecular flexibility index (Phi) is 11.5. The molecule has 0 rings (SSSR count). The fraction of sp³-hybridized carbons (Fsp3) is 0.875. The number of nitrogens with one attached hydrogen (secondary N) is 2. The van der Waals surface area contributed by atoms with Crippen molar-refractivity contribution >= 4 is 18.2 Å². The number of amides is 2. The van der Waals surface area contributed by atoms with E-state index in [0.717, 1.165) is 0 Å². The molecule has 0 fully saturated rings. The fourth-order valence-corrected chi connectivity index (χ4v) is 3.30. The van der Waals surface area contributed by atoms with E-state index in [-0.39, 0.29) is 23.9 Å². The molecule has 0 saturated carbocycles. The van der Waals surface area contributed by atoms with E-state index < -0.39 is 35.3 Å². The molecule has 8 heteroatoms. The van der Waals surface area contributed by atoms with Gasteiger partial charge in [-0.15, -0.1) is 0 Å². The number of carbonyl (C=O) groups excluding carboxylic acids is 3. The number of hydrogen-bond donors (Lipinski definition) is 2. The van der Waals surface area contributed by atoms with Crippen LogP contribution in [0.3, 0.4) is 0 Å². The number of alkyl carbamates (subject to hydrolysis) is 2. The highest BCUT2D eigenvalue weighted by atomic mass is 16.6. The molecule has 0 aromatic heterocycles. The van der Waals surface area contributed by atoms with Crippen LogP contribution in [0.25, 0.3) is 0 Å². The van der Waals surface area contributed by atoms with E-state index in [1.54, 1.807) is 27.7 Å². The smallest absolute Gasteiger partial charge is 0.407 e.